The number of nitrogens with zero attached hydrogens (tertiary/aromatic N) is 1. The van der Waals surface area contributed by atoms with Crippen LogP contribution in [0.4, 0.5) is 0 Å². The van der Waals surface area contributed by atoms with Crippen LogP contribution in [0.3, 0.4) is 0 Å². The maximum Gasteiger partial charge on any atom is 0.236 e. The summed E-state index contributed by atoms with van der Waals surface area (Å²) in [7, 11) is 0. The maximum atomic E-state index is 12.1. The van der Waals surface area contributed by atoms with Crippen LogP contribution in [0.1, 0.15) is 32.6 Å². The van der Waals surface area contributed by atoms with Crippen molar-refractivity contribution in [2.24, 2.45) is 0 Å². The van der Waals surface area contributed by atoms with E-state index in [1.54, 1.807) is 0 Å². The second kappa shape index (κ2) is 7.59. The highest BCUT2D eigenvalue weighted by Crippen LogP contribution is 2.11. The summed E-state index contributed by atoms with van der Waals surface area (Å²) >= 11 is 0. The van der Waals surface area contributed by atoms with Crippen LogP contribution in [-0.2, 0) is 14.3 Å². The van der Waals surface area contributed by atoms with Gasteiger partial charge in [-0.1, -0.05) is 0 Å². The first-order chi connectivity index (χ1) is 9.65. The fourth-order valence-corrected chi connectivity index (χ4v) is 2.87. The lowest BCUT2D eigenvalue weighted by atomic mass is 10.1. The Kier molecular flexibility index (Phi) is 5.79. The van der Waals surface area contributed by atoms with Crippen LogP contribution in [0.2, 0.25) is 0 Å². The molecule has 2 unspecified atom stereocenters. The molecule has 2 heterocycles. The Balaban J connectivity index is 1.67. The SMILES string of the molecule is CC(=O)NC1CCCN(C(=O)CNCC2CCCO2)C1. The molecule has 0 saturated carbocycles. The minimum absolute atomic E-state index is 0.0270. The predicted octanol–water partition coefficient (Wildman–Crippen LogP) is -0.118. The van der Waals surface area contributed by atoms with Gasteiger partial charge in [0, 0.05) is 39.2 Å². The Hall–Kier alpha value is -1.14. The number of amides is 2. The Morgan fingerprint density at radius 3 is 2.85 bits per heavy atom. The summed E-state index contributed by atoms with van der Waals surface area (Å²) in [5, 5.41) is 6.07. The standard InChI is InChI=1S/C14H25N3O3/c1-11(18)16-12-4-2-6-17(10-12)14(19)9-15-8-13-5-3-7-20-13/h12-13,15H,2-10H2,1H3,(H,16,18). The number of rotatable bonds is 5. The van der Waals surface area contributed by atoms with Gasteiger partial charge in [0.2, 0.25) is 11.8 Å². The van der Waals surface area contributed by atoms with Gasteiger partial charge in [-0.05, 0) is 25.7 Å². The Morgan fingerprint density at radius 1 is 1.30 bits per heavy atom. The summed E-state index contributed by atoms with van der Waals surface area (Å²) in [5.41, 5.74) is 0. The molecule has 0 aromatic heterocycles. The van der Waals surface area contributed by atoms with Gasteiger partial charge in [0.1, 0.15) is 0 Å². The van der Waals surface area contributed by atoms with Gasteiger partial charge in [0.15, 0.2) is 0 Å². The summed E-state index contributed by atoms with van der Waals surface area (Å²) in [5.74, 6) is 0.0823. The van der Waals surface area contributed by atoms with Crippen molar-refractivity contribution in [3.63, 3.8) is 0 Å². The highest BCUT2D eigenvalue weighted by molar-refractivity contribution is 5.78. The summed E-state index contributed by atoms with van der Waals surface area (Å²) in [6.45, 7) is 4.87. The molecule has 2 aliphatic heterocycles. The second-order valence-corrected chi connectivity index (χ2v) is 5.65. The molecule has 114 valence electrons. The van der Waals surface area contributed by atoms with Gasteiger partial charge in [-0.3, -0.25) is 9.59 Å². The lowest BCUT2D eigenvalue weighted by molar-refractivity contribution is -0.132. The van der Waals surface area contributed by atoms with Gasteiger partial charge in [-0.15, -0.1) is 0 Å². The molecular weight excluding hydrogens is 258 g/mol. The van der Waals surface area contributed by atoms with Crippen LogP contribution in [-0.4, -0.2) is 61.6 Å². The average molecular weight is 283 g/mol. The van der Waals surface area contributed by atoms with Gasteiger partial charge in [0.25, 0.3) is 0 Å². The number of ether oxygens (including phenoxy) is 1. The molecule has 0 bridgehead atoms. The van der Waals surface area contributed by atoms with Crippen LogP contribution in [0.25, 0.3) is 0 Å². The normalized spacial score (nSPS) is 26.6. The van der Waals surface area contributed by atoms with E-state index in [1.165, 1.54) is 6.92 Å². The number of carbonyl (C=O) groups excluding carboxylic acids is 2. The zero-order valence-electron chi connectivity index (χ0n) is 12.2. The minimum Gasteiger partial charge on any atom is -0.377 e. The Bertz CT molecular complexity index is 343. The molecule has 0 aromatic carbocycles. The smallest absolute Gasteiger partial charge is 0.236 e. The molecule has 0 aliphatic carbocycles. The zero-order chi connectivity index (χ0) is 14.4. The molecule has 20 heavy (non-hydrogen) atoms. The van der Waals surface area contributed by atoms with Crippen molar-refractivity contribution < 1.29 is 14.3 Å². The lowest BCUT2D eigenvalue weighted by Gasteiger charge is -2.33. The quantitative estimate of drug-likeness (QED) is 0.738. The van der Waals surface area contributed by atoms with Crippen molar-refractivity contribution >= 4 is 11.8 Å². The van der Waals surface area contributed by atoms with Crippen LogP contribution in [0, 0.1) is 0 Å². The van der Waals surface area contributed by atoms with Crippen LogP contribution in [0.15, 0.2) is 0 Å². The number of piperidine rings is 1. The van der Waals surface area contributed by atoms with Gasteiger partial charge in [0.05, 0.1) is 12.6 Å². The van der Waals surface area contributed by atoms with Crippen molar-refractivity contribution in [1.82, 2.24) is 15.5 Å². The molecule has 2 atom stereocenters. The van der Waals surface area contributed by atoms with E-state index < -0.39 is 0 Å². The largest absolute Gasteiger partial charge is 0.377 e. The van der Waals surface area contributed by atoms with E-state index in [0.717, 1.165) is 45.4 Å². The zero-order valence-corrected chi connectivity index (χ0v) is 12.2. The Morgan fingerprint density at radius 2 is 2.15 bits per heavy atom. The van der Waals surface area contributed by atoms with Crippen LogP contribution < -0.4 is 10.6 Å². The molecule has 2 saturated heterocycles. The predicted molar refractivity (Wildman–Crippen MR) is 75.3 cm³/mol. The first-order valence-corrected chi connectivity index (χ1v) is 7.52. The second-order valence-electron chi connectivity index (χ2n) is 5.65. The molecule has 0 spiro atoms. The number of likely N-dealkylation sites (tertiary alicyclic amines) is 1. The van der Waals surface area contributed by atoms with E-state index in [2.05, 4.69) is 10.6 Å². The molecular formula is C14H25N3O3. The van der Waals surface area contributed by atoms with Crippen molar-refractivity contribution in [1.29, 1.82) is 0 Å². The number of carbonyl (C=O) groups is 2. The van der Waals surface area contributed by atoms with E-state index in [1.807, 2.05) is 4.90 Å². The summed E-state index contributed by atoms with van der Waals surface area (Å²) in [6, 6.07) is 0.100. The van der Waals surface area contributed by atoms with E-state index >= 15 is 0 Å². The third-order valence-corrected chi connectivity index (χ3v) is 3.85. The van der Waals surface area contributed by atoms with Crippen molar-refractivity contribution in [3.05, 3.63) is 0 Å². The number of hydrogen-bond donors (Lipinski definition) is 2. The number of hydrogen-bond acceptors (Lipinski definition) is 4. The van der Waals surface area contributed by atoms with E-state index in [4.69, 9.17) is 4.74 Å². The van der Waals surface area contributed by atoms with Gasteiger partial charge < -0.3 is 20.3 Å². The van der Waals surface area contributed by atoms with E-state index in [0.29, 0.717) is 13.1 Å². The lowest BCUT2D eigenvalue weighted by Crippen LogP contribution is -2.51. The fraction of sp³-hybridized carbons (Fsp3) is 0.857. The summed E-state index contributed by atoms with van der Waals surface area (Å²) in [6.07, 6.45) is 4.35. The van der Waals surface area contributed by atoms with Gasteiger partial charge in [-0.2, -0.15) is 0 Å². The van der Waals surface area contributed by atoms with Crippen LogP contribution >= 0.6 is 0 Å². The van der Waals surface area contributed by atoms with E-state index in [-0.39, 0.29) is 24.0 Å². The Labute approximate surface area is 120 Å². The maximum absolute atomic E-state index is 12.1. The summed E-state index contributed by atoms with van der Waals surface area (Å²) in [4.78, 5) is 25.0. The topological polar surface area (TPSA) is 70.7 Å². The van der Waals surface area contributed by atoms with Crippen molar-refractivity contribution in [2.45, 2.75) is 44.8 Å². The highest BCUT2D eigenvalue weighted by atomic mass is 16.5. The third-order valence-electron chi connectivity index (χ3n) is 3.85. The number of nitrogens with one attached hydrogen (secondary N) is 2. The molecule has 0 aromatic rings. The van der Waals surface area contributed by atoms with Crippen LogP contribution in [0.5, 0.6) is 0 Å². The molecule has 0 radical (unpaired) electrons. The van der Waals surface area contributed by atoms with E-state index in [9.17, 15) is 9.59 Å². The average Bonchev–Trinajstić information content (AvgIpc) is 2.91. The van der Waals surface area contributed by atoms with Gasteiger partial charge >= 0.3 is 0 Å². The van der Waals surface area contributed by atoms with Crippen molar-refractivity contribution in [3.8, 4) is 0 Å². The fourth-order valence-electron chi connectivity index (χ4n) is 2.87. The minimum atomic E-state index is -0.0270. The van der Waals surface area contributed by atoms with Crippen molar-refractivity contribution in [2.75, 3.05) is 32.8 Å². The molecule has 2 aliphatic rings. The summed E-state index contributed by atoms with van der Waals surface area (Å²) < 4.78 is 5.51. The molecule has 6 nitrogen and oxygen atoms in total. The molecule has 2 fully saturated rings. The highest BCUT2D eigenvalue weighted by Gasteiger charge is 2.24. The molecule has 6 heteroatoms. The molecule has 2 amide bonds. The first-order valence-electron chi connectivity index (χ1n) is 7.52. The monoisotopic (exact) mass is 283 g/mol. The molecule has 2 rings (SSSR count). The van der Waals surface area contributed by atoms with Gasteiger partial charge in [-0.25, -0.2) is 0 Å². The first kappa shape index (κ1) is 15.3. The molecule has 2 N–H and O–H groups in total. The third kappa shape index (κ3) is 4.76.